The third-order valence-electron chi connectivity index (χ3n) is 14.7. The van der Waals surface area contributed by atoms with E-state index in [-0.39, 0.29) is 18.5 Å². The van der Waals surface area contributed by atoms with Crippen LogP contribution in [0.4, 0.5) is 0 Å². The third kappa shape index (κ3) is 54.0. The second-order valence-corrected chi connectivity index (χ2v) is 21.4. The Morgan fingerprint density at radius 1 is 0.358 bits per heavy atom. The second-order valence-electron chi connectivity index (χ2n) is 21.4. The predicted octanol–water partition coefficient (Wildman–Crippen LogP) is 19.1. The van der Waals surface area contributed by atoms with E-state index >= 15 is 0 Å². The molecule has 0 aromatic heterocycles. The van der Waals surface area contributed by atoms with Crippen molar-refractivity contribution in [3.63, 3.8) is 0 Å². The summed E-state index contributed by atoms with van der Waals surface area (Å²) in [5, 5.41) is 23.4. The van der Waals surface area contributed by atoms with E-state index in [1.165, 1.54) is 263 Å². The highest BCUT2D eigenvalue weighted by Crippen LogP contribution is 2.18. The van der Waals surface area contributed by atoms with Crippen molar-refractivity contribution in [3.8, 4) is 0 Å². The summed E-state index contributed by atoms with van der Waals surface area (Å²) in [5.74, 6) is -0.0662. The van der Waals surface area contributed by atoms with Gasteiger partial charge in [0.05, 0.1) is 25.4 Å². The quantitative estimate of drug-likeness (QED) is 0.0417. The summed E-state index contributed by atoms with van der Waals surface area (Å²) in [6.07, 6.45) is 66.8. The molecule has 0 bridgehead atoms. The van der Waals surface area contributed by atoms with Gasteiger partial charge in [-0.05, 0) is 25.7 Å². The SMILES string of the molecule is CCCCCCCCCCCCCCCCCCCCCCCCCCCC(O)C(CO)NC(=O)CCCCCCCCCCCCOC(=O)CCCCCCCCCCCCCCCCC. The van der Waals surface area contributed by atoms with Gasteiger partial charge in [-0.2, -0.15) is 0 Å². The molecule has 0 aliphatic carbocycles. The zero-order valence-electron chi connectivity index (χ0n) is 45.7. The van der Waals surface area contributed by atoms with E-state index in [4.69, 9.17) is 4.74 Å². The first kappa shape index (κ1) is 65.9. The Bertz CT molecular complexity index is 959. The molecule has 400 valence electrons. The number of carbonyl (C=O) groups is 2. The van der Waals surface area contributed by atoms with Gasteiger partial charge in [0, 0.05) is 12.8 Å². The number of carbonyl (C=O) groups excluding carboxylic acids is 2. The van der Waals surface area contributed by atoms with Crippen LogP contribution in [0, 0.1) is 0 Å². The number of hydrogen-bond acceptors (Lipinski definition) is 5. The molecule has 0 aliphatic heterocycles. The summed E-state index contributed by atoms with van der Waals surface area (Å²) in [6.45, 7) is 4.94. The standard InChI is InChI=1S/C61H121NO5/c1-3-5-7-9-11-13-15-17-19-20-21-22-23-24-25-26-27-28-30-31-33-37-41-45-49-53-59(64)58(57-63)62-60(65)54-50-46-42-38-35-36-40-44-48-52-56-67-61(66)55-51-47-43-39-34-32-29-18-16-14-12-10-8-6-4-2/h58-59,63-64H,3-57H2,1-2H3,(H,62,65). The predicted molar refractivity (Wildman–Crippen MR) is 292 cm³/mol. The molecule has 0 rings (SSSR count). The normalized spacial score (nSPS) is 12.5. The molecule has 0 aromatic rings. The first-order chi connectivity index (χ1) is 33.0. The fraction of sp³-hybridized carbons (Fsp3) is 0.967. The summed E-state index contributed by atoms with van der Waals surface area (Å²) in [5.41, 5.74) is 0. The van der Waals surface area contributed by atoms with Gasteiger partial charge in [0.25, 0.3) is 0 Å². The topological polar surface area (TPSA) is 95.9 Å². The molecule has 67 heavy (non-hydrogen) atoms. The largest absolute Gasteiger partial charge is 0.466 e. The summed E-state index contributed by atoms with van der Waals surface area (Å²) in [4.78, 5) is 24.6. The van der Waals surface area contributed by atoms with Crippen LogP contribution in [0.1, 0.15) is 354 Å². The number of aliphatic hydroxyl groups excluding tert-OH is 2. The molecule has 6 nitrogen and oxygen atoms in total. The van der Waals surface area contributed by atoms with E-state index in [1.54, 1.807) is 0 Å². The highest BCUT2D eigenvalue weighted by Gasteiger charge is 2.20. The zero-order chi connectivity index (χ0) is 48.6. The number of hydrogen-bond donors (Lipinski definition) is 3. The Morgan fingerprint density at radius 2 is 0.612 bits per heavy atom. The first-order valence-electron chi connectivity index (χ1n) is 30.8. The van der Waals surface area contributed by atoms with Gasteiger partial charge in [0.15, 0.2) is 0 Å². The molecule has 2 unspecified atom stereocenters. The monoisotopic (exact) mass is 948 g/mol. The van der Waals surface area contributed by atoms with Crippen molar-refractivity contribution in [1.29, 1.82) is 0 Å². The Kier molecular flexibility index (Phi) is 56.5. The minimum Gasteiger partial charge on any atom is -0.466 e. The highest BCUT2D eigenvalue weighted by molar-refractivity contribution is 5.76. The van der Waals surface area contributed by atoms with Gasteiger partial charge in [0.2, 0.25) is 5.91 Å². The van der Waals surface area contributed by atoms with Crippen LogP contribution < -0.4 is 5.32 Å². The number of nitrogens with one attached hydrogen (secondary N) is 1. The van der Waals surface area contributed by atoms with Crippen molar-refractivity contribution in [2.75, 3.05) is 13.2 Å². The van der Waals surface area contributed by atoms with Gasteiger partial charge in [-0.1, -0.05) is 316 Å². The molecule has 2 atom stereocenters. The van der Waals surface area contributed by atoms with Crippen LogP contribution in [0.25, 0.3) is 0 Å². The molecule has 6 heteroatoms. The minimum absolute atomic E-state index is 0.0140. The summed E-state index contributed by atoms with van der Waals surface area (Å²) < 4.78 is 5.47. The molecule has 1 amide bonds. The molecular formula is C61H121NO5. The summed E-state index contributed by atoms with van der Waals surface area (Å²) >= 11 is 0. The van der Waals surface area contributed by atoms with Crippen molar-refractivity contribution in [3.05, 3.63) is 0 Å². The van der Waals surface area contributed by atoms with Gasteiger partial charge in [-0.15, -0.1) is 0 Å². The Balaban J connectivity index is 3.43. The van der Waals surface area contributed by atoms with Crippen molar-refractivity contribution in [1.82, 2.24) is 5.32 Å². The Hall–Kier alpha value is -1.14. The van der Waals surface area contributed by atoms with E-state index in [0.717, 1.165) is 57.8 Å². The van der Waals surface area contributed by atoms with E-state index < -0.39 is 12.1 Å². The first-order valence-corrected chi connectivity index (χ1v) is 30.8. The summed E-state index contributed by atoms with van der Waals surface area (Å²) in [7, 11) is 0. The third-order valence-corrected chi connectivity index (χ3v) is 14.7. The molecule has 0 fully saturated rings. The van der Waals surface area contributed by atoms with Crippen molar-refractivity contribution in [2.45, 2.75) is 366 Å². The van der Waals surface area contributed by atoms with Crippen LogP contribution in [-0.2, 0) is 14.3 Å². The molecule has 3 N–H and O–H groups in total. The van der Waals surface area contributed by atoms with Crippen molar-refractivity contribution in [2.24, 2.45) is 0 Å². The molecule has 0 saturated carbocycles. The molecule has 0 radical (unpaired) electrons. The zero-order valence-corrected chi connectivity index (χ0v) is 45.7. The second kappa shape index (κ2) is 57.4. The molecule has 0 saturated heterocycles. The Labute approximate surface area is 419 Å². The summed E-state index contributed by atoms with van der Waals surface area (Å²) in [6, 6.07) is -0.558. The van der Waals surface area contributed by atoms with E-state index in [2.05, 4.69) is 19.2 Å². The minimum atomic E-state index is -0.679. The maximum Gasteiger partial charge on any atom is 0.305 e. The molecule has 0 aliphatic rings. The van der Waals surface area contributed by atoms with E-state index in [1.807, 2.05) is 0 Å². The molecular weight excluding hydrogens is 827 g/mol. The molecule has 0 heterocycles. The van der Waals surface area contributed by atoms with Crippen LogP contribution in [-0.4, -0.2) is 47.4 Å². The highest BCUT2D eigenvalue weighted by atomic mass is 16.5. The smallest absolute Gasteiger partial charge is 0.305 e. The molecule has 0 aromatic carbocycles. The van der Waals surface area contributed by atoms with Crippen molar-refractivity contribution >= 4 is 11.9 Å². The number of amides is 1. The number of rotatable bonds is 58. The van der Waals surface area contributed by atoms with Gasteiger partial charge >= 0.3 is 5.97 Å². The van der Waals surface area contributed by atoms with Gasteiger partial charge in [0.1, 0.15) is 0 Å². The van der Waals surface area contributed by atoms with Crippen LogP contribution in [0.3, 0.4) is 0 Å². The Morgan fingerprint density at radius 3 is 0.910 bits per heavy atom. The van der Waals surface area contributed by atoms with Gasteiger partial charge < -0.3 is 20.3 Å². The lowest BCUT2D eigenvalue weighted by Gasteiger charge is -2.22. The van der Waals surface area contributed by atoms with Crippen molar-refractivity contribution < 1.29 is 24.5 Å². The maximum atomic E-state index is 12.5. The van der Waals surface area contributed by atoms with Gasteiger partial charge in [-0.3, -0.25) is 9.59 Å². The average Bonchev–Trinajstić information content (AvgIpc) is 3.33. The van der Waals surface area contributed by atoms with Crippen LogP contribution in [0.15, 0.2) is 0 Å². The lowest BCUT2D eigenvalue weighted by Crippen LogP contribution is -2.45. The number of unbranched alkanes of at least 4 members (excludes halogenated alkanes) is 47. The fourth-order valence-corrected chi connectivity index (χ4v) is 9.94. The molecule has 0 spiro atoms. The lowest BCUT2D eigenvalue weighted by atomic mass is 10.0. The van der Waals surface area contributed by atoms with E-state index in [0.29, 0.717) is 25.9 Å². The lowest BCUT2D eigenvalue weighted by molar-refractivity contribution is -0.143. The maximum absolute atomic E-state index is 12.5. The fourth-order valence-electron chi connectivity index (χ4n) is 9.94. The number of esters is 1. The number of aliphatic hydroxyl groups is 2. The van der Waals surface area contributed by atoms with E-state index in [9.17, 15) is 19.8 Å². The van der Waals surface area contributed by atoms with Crippen LogP contribution >= 0.6 is 0 Å². The van der Waals surface area contributed by atoms with Gasteiger partial charge in [-0.25, -0.2) is 0 Å². The average molecular weight is 949 g/mol. The number of ether oxygens (including phenoxy) is 1. The van der Waals surface area contributed by atoms with Crippen LogP contribution in [0.2, 0.25) is 0 Å². The van der Waals surface area contributed by atoms with Crippen LogP contribution in [0.5, 0.6) is 0 Å².